The number of halogens is 3. The summed E-state index contributed by atoms with van der Waals surface area (Å²) >= 11 is 2.05. The molecule has 0 aliphatic heterocycles. The molecular weight excluding hydrogens is 437 g/mol. The van der Waals surface area contributed by atoms with Gasteiger partial charge in [-0.25, -0.2) is 4.98 Å². The van der Waals surface area contributed by atoms with E-state index in [-0.39, 0.29) is 32.2 Å². The lowest BCUT2D eigenvalue weighted by atomic mass is 10.1. The second kappa shape index (κ2) is 7.50. The second-order valence-electron chi connectivity index (χ2n) is 6.15. The summed E-state index contributed by atoms with van der Waals surface area (Å²) in [4.78, 5) is 28.0. The molecule has 0 saturated carbocycles. The molecule has 0 fully saturated rings. The van der Waals surface area contributed by atoms with Gasteiger partial charge >= 0.3 is 6.18 Å². The number of carbonyl (C=O) groups excluding carboxylic acids is 1. The number of fused-ring (bicyclic) bond motifs is 1. The first kappa shape index (κ1) is 20.0. The third kappa shape index (κ3) is 3.64. The van der Waals surface area contributed by atoms with Crippen LogP contribution in [0.3, 0.4) is 0 Å². The number of aromatic nitrogens is 1. The SMILES string of the molecule is Nc1c(C(=O)Nc2ccc(N=O)cc2)sc2nc(-c3cccs3)cc(C(F)(F)F)c12. The van der Waals surface area contributed by atoms with Crippen LogP contribution in [0, 0.1) is 4.91 Å². The van der Waals surface area contributed by atoms with Crippen LogP contribution in [-0.2, 0) is 6.18 Å². The molecule has 0 aliphatic rings. The summed E-state index contributed by atoms with van der Waals surface area (Å²) in [5.41, 5.74) is 5.42. The number of rotatable bonds is 4. The molecule has 0 saturated heterocycles. The third-order valence-electron chi connectivity index (χ3n) is 4.21. The van der Waals surface area contributed by atoms with Gasteiger partial charge in [0.25, 0.3) is 5.91 Å². The molecule has 0 aliphatic carbocycles. The van der Waals surface area contributed by atoms with Gasteiger partial charge in [0.15, 0.2) is 0 Å². The lowest BCUT2D eigenvalue weighted by molar-refractivity contribution is -0.136. The van der Waals surface area contributed by atoms with Crippen LogP contribution in [0.15, 0.2) is 53.0 Å². The number of alkyl halides is 3. The van der Waals surface area contributed by atoms with E-state index in [2.05, 4.69) is 15.5 Å². The van der Waals surface area contributed by atoms with Gasteiger partial charge in [-0.15, -0.1) is 27.6 Å². The minimum absolute atomic E-state index is 0.0244. The van der Waals surface area contributed by atoms with Gasteiger partial charge in [-0.2, -0.15) is 13.2 Å². The van der Waals surface area contributed by atoms with E-state index in [1.807, 2.05) is 0 Å². The van der Waals surface area contributed by atoms with Crippen LogP contribution in [0.4, 0.5) is 30.2 Å². The highest BCUT2D eigenvalue weighted by atomic mass is 32.1. The van der Waals surface area contributed by atoms with Crippen LogP contribution >= 0.6 is 22.7 Å². The monoisotopic (exact) mass is 448 g/mol. The Morgan fingerprint density at radius 3 is 2.50 bits per heavy atom. The molecule has 1 amide bonds. The number of hydrogen-bond acceptors (Lipinski definition) is 7. The predicted octanol–water partition coefficient (Wildman–Crippen LogP) is 6.28. The topological polar surface area (TPSA) is 97.4 Å². The van der Waals surface area contributed by atoms with E-state index < -0.39 is 17.6 Å². The summed E-state index contributed by atoms with van der Waals surface area (Å²) in [6.07, 6.45) is -4.67. The standard InChI is InChI=1S/C19H11F3N4O2S2/c20-19(21,22)11-8-12(13-2-1-7-29-13)25-18-14(11)15(23)16(30-18)17(27)24-9-3-5-10(26-28)6-4-9/h1-8H,23H2,(H,24,27). The fourth-order valence-corrected chi connectivity index (χ4v) is 4.56. The van der Waals surface area contributed by atoms with Gasteiger partial charge in [-0.3, -0.25) is 4.79 Å². The predicted molar refractivity (Wildman–Crippen MR) is 112 cm³/mol. The Morgan fingerprint density at radius 1 is 1.17 bits per heavy atom. The molecule has 0 bridgehead atoms. The number of anilines is 2. The maximum Gasteiger partial charge on any atom is 0.417 e. The fraction of sp³-hybridized carbons (Fsp3) is 0.0526. The number of nitrogens with two attached hydrogens (primary N) is 1. The Hall–Kier alpha value is -3.31. The average molecular weight is 448 g/mol. The van der Waals surface area contributed by atoms with E-state index in [0.29, 0.717) is 10.6 Å². The molecule has 30 heavy (non-hydrogen) atoms. The molecule has 6 nitrogen and oxygen atoms in total. The molecule has 0 spiro atoms. The molecule has 3 N–H and O–H groups in total. The van der Waals surface area contributed by atoms with Crippen LogP contribution in [0.1, 0.15) is 15.2 Å². The summed E-state index contributed by atoms with van der Waals surface area (Å²) in [7, 11) is 0. The lowest BCUT2D eigenvalue weighted by Crippen LogP contribution is -2.12. The summed E-state index contributed by atoms with van der Waals surface area (Å²) in [5.74, 6) is -0.673. The molecule has 0 atom stereocenters. The van der Waals surface area contributed by atoms with Gasteiger partial charge < -0.3 is 11.1 Å². The van der Waals surface area contributed by atoms with Crippen LogP contribution in [0.25, 0.3) is 20.8 Å². The smallest absolute Gasteiger partial charge is 0.397 e. The van der Waals surface area contributed by atoms with Crippen molar-refractivity contribution in [2.24, 2.45) is 5.18 Å². The quantitative estimate of drug-likeness (QED) is 0.359. The van der Waals surface area contributed by atoms with E-state index >= 15 is 0 Å². The summed E-state index contributed by atoms with van der Waals surface area (Å²) in [5, 5.41) is 6.76. The number of amides is 1. The first-order valence-electron chi connectivity index (χ1n) is 8.37. The number of nitroso groups, excluding NO2 is 1. The molecule has 0 unspecified atom stereocenters. The van der Waals surface area contributed by atoms with Crippen molar-refractivity contribution >= 4 is 55.9 Å². The zero-order valence-corrected chi connectivity index (χ0v) is 16.5. The van der Waals surface area contributed by atoms with Crippen molar-refractivity contribution in [3.63, 3.8) is 0 Å². The van der Waals surface area contributed by atoms with Gasteiger partial charge in [0.05, 0.1) is 21.8 Å². The molecule has 4 aromatic rings. The number of hydrogen-bond donors (Lipinski definition) is 2. The van der Waals surface area contributed by atoms with Crippen molar-refractivity contribution in [2.45, 2.75) is 6.18 Å². The molecule has 0 radical (unpaired) electrons. The first-order valence-corrected chi connectivity index (χ1v) is 10.1. The minimum Gasteiger partial charge on any atom is -0.397 e. The molecule has 152 valence electrons. The largest absolute Gasteiger partial charge is 0.417 e. The van der Waals surface area contributed by atoms with Crippen molar-refractivity contribution < 1.29 is 18.0 Å². The highest BCUT2D eigenvalue weighted by molar-refractivity contribution is 7.21. The molecule has 3 heterocycles. The van der Waals surface area contributed by atoms with Gasteiger partial charge in [0, 0.05) is 11.1 Å². The number of benzene rings is 1. The van der Waals surface area contributed by atoms with Crippen LogP contribution in [0.2, 0.25) is 0 Å². The van der Waals surface area contributed by atoms with Crippen molar-refractivity contribution in [3.05, 3.63) is 63.2 Å². The van der Waals surface area contributed by atoms with Crippen molar-refractivity contribution in [1.29, 1.82) is 0 Å². The Kier molecular flexibility index (Phi) is 5.00. The first-order chi connectivity index (χ1) is 14.3. The van der Waals surface area contributed by atoms with Gasteiger partial charge in [-0.05, 0) is 47.0 Å². The van der Waals surface area contributed by atoms with E-state index in [4.69, 9.17) is 5.73 Å². The minimum atomic E-state index is -4.67. The highest BCUT2D eigenvalue weighted by Gasteiger charge is 2.36. The van der Waals surface area contributed by atoms with E-state index in [1.165, 1.54) is 35.6 Å². The number of pyridine rings is 1. The Bertz CT molecular complexity index is 1250. The van der Waals surface area contributed by atoms with Gasteiger partial charge in [0.1, 0.15) is 15.4 Å². The fourth-order valence-electron chi connectivity index (χ4n) is 2.86. The lowest BCUT2D eigenvalue weighted by Gasteiger charge is -2.10. The van der Waals surface area contributed by atoms with Gasteiger partial charge in [0.2, 0.25) is 0 Å². The number of nitrogens with one attached hydrogen (secondary N) is 1. The zero-order chi connectivity index (χ0) is 21.5. The molecular formula is C19H11F3N4O2S2. The van der Waals surface area contributed by atoms with E-state index in [0.717, 1.165) is 17.4 Å². The maximum atomic E-state index is 13.7. The zero-order valence-electron chi connectivity index (χ0n) is 14.9. The van der Waals surface area contributed by atoms with Crippen molar-refractivity contribution in [1.82, 2.24) is 4.98 Å². The Balaban J connectivity index is 1.80. The number of nitrogens with zero attached hydrogens (tertiary/aromatic N) is 2. The summed E-state index contributed by atoms with van der Waals surface area (Å²) < 4.78 is 41.2. The molecule has 3 aromatic heterocycles. The Labute approximate surface area is 175 Å². The van der Waals surface area contributed by atoms with Crippen LogP contribution < -0.4 is 11.1 Å². The third-order valence-corrected chi connectivity index (χ3v) is 6.21. The number of nitrogen functional groups attached to an aromatic ring is 1. The molecule has 11 heteroatoms. The summed E-state index contributed by atoms with van der Waals surface area (Å²) in [6.45, 7) is 0. The van der Waals surface area contributed by atoms with Gasteiger partial charge in [-0.1, -0.05) is 6.07 Å². The average Bonchev–Trinajstić information content (AvgIpc) is 3.36. The second-order valence-corrected chi connectivity index (χ2v) is 8.09. The summed E-state index contributed by atoms with van der Waals surface area (Å²) in [6, 6.07) is 10.0. The van der Waals surface area contributed by atoms with E-state index in [9.17, 15) is 22.9 Å². The Morgan fingerprint density at radius 2 is 1.90 bits per heavy atom. The molecule has 4 rings (SSSR count). The van der Waals surface area contributed by atoms with Crippen LogP contribution in [-0.4, -0.2) is 10.9 Å². The normalized spacial score (nSPS) is 11.6. The number of thiophene rings is 2. The maximum absolute atomic E-state index is 13.7. The van der Waals surface area contributed by atoms with E-state index in [1.54, 1.807) is 17.5 Å². The molecule has 1 aromatic carbocycles. The van der Waals surface area contributed by atoms with Crippen molar-refractivity contribution in [2.75, 3.05) is 11.1 Å². The highest BCUT2D eigenvalue weighted by Crippen LogP contribution is 2.44. The van der Waals surface area contributed by atoms with Crippen LogP contribution in [0.5, 0.6) is 0 Å². The number of carbonyl (C=O) groups is 1. The van der Waals surface area contributed by atoms with Crippen molar-refractivity contribution in [3.8, 4) is 10.6 Å².